The zero-order chi connectivity index (χ0) is 62.6. The number of carbonyl (C=O) groups excluding carboxylic acids is 6. The summed E-state index contributed by atoms with van der Waals surface area (Å²) < 4.78 is 52.6. The molecule has 2 fully saturated rings. The molecule has 3 aliphatic rings. The van der Waals surface area contributed by atoms with Crippen LogP contribution in [0.5, 0.6) is 0 Å². The van der Waals surface area contributed by atoms with Crippen LogP contribution in [-0.2, 0) is 54.0 Å². The van der Waals surface area contributed by atoms with E-state index >= 15 is 0 Å². The molecule has 10 N–H and O–H groups in total. The molecule has 0 bridgehead atoms. The first-order valence-electron chi connectivity index (χ1n) is 27.3. The smallest absolute Gasteiger partial charge is 0.410 e. The molecule has 1 saturated heterocycles. The zero-order valence-corrected chi connectivity index (χ0v) is 50.1. The van der Waals surface area contributed by atoms with Crippen LogP contribution in [0.4, 0.5) is 29.7 Å². The second-order valence-corrected chi connectivity index (χ2v) is 24.9. The molecular formula is C54H88N8O21. The fourth-order valence-corrected chi connectivity index (χ4v) is 8.83. The molecule has 1 saturated carbocycles. The van der Waals surface area contributed by atoms with Crippen LogP contribution in [-0.4, -0.2) is 201 Å². The second-order valence-electron chi connectivity index (χ2n) is 24.9. The molecule has 83 heavy (non-hydrogen) atoms. The lowest BCUT2D eigenvalue weighted by molar-refractivity contribution is -0.384. The molecule has 0 radical (unpaired) electrons. The maximum atomic E-state index is 14.0. The van der Waals surface area contributed by atoms with E-state index in [1.807, 2.05) is 0 Å². The molecule has 1 aromatic carbocycles. The molecular weight excluding hydrogens is 1100 g/mol. The summed E-state index contributed by atoms with van der Waals surface area (Å²) in [5.41, 5.74) is -5.28. The third-order valence-electron chi connectivity index (χ3n) is 12.4. The molecule has 1 aliphatic carbocycles. The Kier molecular flexibility index (Phi) is 24.1. The van der Waals surface area contributed by atoms with Gasteiger partial charge in [0.2, 0.25) is 12.2 Å². The number of aliphatic hydroxyl groups is 4. The molecule has 29 nitrogen and oxygen atoms in total. The third-order valence-corrected chi connectivity index (χ3v) is 12.4. The van der Waals surface area contributed by atoms with E-state index in [-0.39, 0.29) is 57.0 Å². The monoisotopic (exact) mass is 1180 g/mol. The molecule has 4 rings (SSSR count). The van der Waals surface area contributed by atoms with Crippen LogP contribution in [0.3, 0.4) is 0 Å². The third kappa shape index (κ3) is 23.0. The number of aliphatic hydroxyl groups excluding tert-OH is 3. The number of ether oxygens (including phenoxy) is 9. The van der Waals surface area contributed by atoms with Crippen LogP contribution in [0.2, 0.25) is 0 Å². The average Bonchev–Trinajstić information content (AvgIpc) is 3.51. The first-order valence-corrected chi connectivity index (χ1v) is 27.3. The van der Waals surface area contributed by atoms with Crippen molar-refractivity contribution in [2.75, 3.05) is 33.3 Å². The molecule has 470 valence electrons. The van der Waals surface area contributed by atoms with E-state index in [1.54, 1.807) is 96.1 Å². The average molecular weight is 1190 g/mol. The number of nitrogens with one attached hydrogen (secondary N) is 6. The number of carbonyl (C=O) groups is 6. The van der Waals surface area contributed by atoms with Gasteiger partial charge in [-0.25, -0.2) is 24.0 Å². The normalized spacial score (nSPS) is 26.5. The molecule has 1 aromatic rings. The highest BCUT2D eigenvalue weighted by molar-refractivity contribution is 5.81. The van der Waals surface area contributed by atoms with E-state index in [0.717, 1.165) is 4.90 Å². The van der Waals surface area contributed by atoms with E-state index in [0.29, 0.717) is 5.56 Å². The molecule has 2 aliphatic heterocycles. The summed E-state index contributed by atoms with van der Waals surface area (Å²) in [6.45, 7) is 21.6. The minimum absolute atomic E-state index is 0.0887. The number of rotatable bonds is 20. The fraction of sp³-hybridized carbons (Fsp3) is 0.741. The molecule has 29 heteroatoms. The van der Waals surface area contributed by atoms with Gasteiger partial charge < -0.3 is 99.9 Å². The van der Waals surface area contributed by atoms with Crippen LogP contribution < -0.4 is 31.9 Å². The number of non-ortho nitro benzene ring substituents is 1. The largest absolute Gasteiger partial charge is 0.466 e. The van der Waals surface area contributed by atoms with Gasteiger partial charge in [0.15, 0.2) is 6.29 Å². The van der Waals surface area contributed by atoms with Crippen molar-refractivity contribution < 1.29 is 96.7 Å². The van der Waals surface area contributed by atoms with Crippen LogP contribution in [0.25, 0.3) is 0 Å². The van der Waals surface area contributed by atoms with Crippen molar-refractivity contribution in [1.29, 1.82) is 0 Å². The van der Waals surface area contributed by atoms with Crippen molar-refractivity contribution in [3.63, 3.8) is 0 Å². The lowest BCUT2D eigenvalue weighted by Crippen LogP contribution is -2.71. The van der Waals surface area contributed by atoms with Gasteiger partial charge in [-0.05, 0) is 140 Å². The zero-order valence-electron chi connectivity index (χ0n) is 50.1. The first kappa shape index (κ1) is 69.2. The van der Waals surface area contributed by atoms with E-state index < -0.39 is 149 Å². The summed E-state index contributed by atoms with van der Waals surface area (Å²) in [4.78, 5) is 90.7. The number of benzene rings is 1. The highest BCUT2D eigenvalue weighted by Crippen LogP contribution is 2.35. The fourth-order valence-electron chi connectivity index (χ4n) is 8.83. The van der Waals surface area contributed by atoms with Gasteiger partial charge in [-0.2, -0.15) is 0 Å². The van der Waals surface area contributed by atoms with Crippen molar-refractivity contribution in [1.82, 2.24) is 36.8 Å². The maximum absolute atomic E-state index is 14.0. The van der Waals surface area contributed by atoms with Gasteiger partial charge in [-0.15, -0.1) is 0 Å². The summed E-state index contributed by atoms with van der Waals surface area (Å²) in [6.07, 6.45) is -15.3. The van der Waals surface area contributed by atoms with Crippen LogP contribution in [0.1, 0.15) is 122 Å². The molecule has 0 spiro atoms. The summed E-state index contributed by atoms with van der Waals surface area (Å²) in [5, 5.41) is 75.1. The SMILES string of the molecule is C[C@@H](CN[C@@H]1CC=C(CNC(=O)OCc2ccc([N+](=O)[O-])cc2)O[C@@H]1O[C@H]1[C@H](O)[C@@H](O[C@H]2OC[C@](C)(O)[C@H](N(C)C(=O)OC(C)(C)C)[C@H]2O)[C@H](NC(=O)[C@@H](O)CCNC(=O)OC(C)(C)C)C[C@@H]1NC(=O)OC(C)(C)C)NC(=O)OC(C)(C)C. The summed E-state index contributed by atoms with van der Waals surface area (Å²) >= 11 is 0. The van der Waals surface area contributed by atoms with Crippen molar-refractivity contribution in [3.8, 4) is 0 Å². The quantitative estimate of drug-likeness (QED) is 0.0509. The lowest BCUT2D eigenvalue weighted by Gasteiger charge is -2.50. The lowest BCUT2D eigenvalue weighted by atomic mass is 9.82. The van der Waals surface area contributed by atoms with Crippen LogP contribution in [0.15, 0.2) is 36.1 Å². The van der Waals surface area contributed by atoms with Gasteiger partial charge in [-0.3, -0.25) is 14.9 Å². The van der Waals surface area contributed by atoms with Crippen molar-refractivity contribution in [3.05, 3.63) is 51.8 Å². The minimum Gasteiger partial charge on any atom is -0.466 e. The number of hydrogen-bond acceptors (Lipinski definition) is 22. The van der Waals surface area contributed by atoms with Gasteiger partial charge in [0, 0.05) is 38.3 Å². The Hall–Kier alpha value is -6.34. The maximum Gasteiger partial charge on any atom is 0.410 e. The summed E-state index contributed by atoms with van der Waals surface area (Å²) in [7, 11) is 1.29. The van der Waals surface area contributed by atoms with E-state index in [1.165, 1.54) is 38.2 Å². The van der Waals surface area contributed by atoms with Crippen LogP contribution in [0, 0.1) is 10.1 Å². The molecule has 2 heterocycles. The number of hydrogen-bond donors (Lipinski definition) is 10. The number of nitrogens with zero attached hydrogens (tertiary/aromatic N) is 2. The first-order chi connectivity index (χ1) is 38.2. The topological polar surface area (TPSA) is 385 Å². The van der Waals surface area contributed by atoms with Crippen molar-refractivity contribution in [2.24, 2.45) is 0 Å². The Balaban J connectivity index is 1.74. The molecule has 6 amide bonds. The molecule has 0 unspecified atom stereocenters. The number of alkyl carbamates (subject to hydrolysis) is 4. The predicted molar refractivity (Wildman–Crippen MR) is 294 cm³/mol. The Bertz CT molecular complexity index is 2400. The number of nitro benzene ring substituents is 1. The van der Waals surface area contributed by atoms with Crippen molar-refractivity contribution >= 4 is 42.1 Å². The Morgan fingerprint density at radius 3 is 1.90 bits per heavy atom. The summed E-state index contributed by atoms with van der Waals surface area (Å²) in [6, 6.07) is -0.168. The molecule has 0 aromatic heterocycles. The van der Waals surface area contributed by atoms with Gasteiger partial charge in [0.25, 0.3) is 5.69 Å². The highest BCUT2D eigenvalue weighted by atomic mass is 16.7. The highest BCUT2D eigenvalue weighted by Gasteiger charge is 2.55. The van der Waals surface area contributed by atoms with Crippen molar-refractivity contribution in [2.45, 2.75) is 224 Å². The Labute approximate surface area is 483 Å². The van der Waals surface area contributed by atoms with Gasteiger partial charge in [0.1, 0.15) is 70.9 Å². The number of amides is 6. The molecule has 13 atom stereocenters. The Morgan fingerprint density at radius 2 is 1.33 bits per heavy atom. The van der Waals surface area contributed by atoms with Gasteiger partial charge in [0.05, 0.1) is 42.2 Å². The minimum atomic E-state index is -1.96. The predicted octanol–water partition coefficient (Wildman–Crippen LogP) is 3.22. The number of nitro groups is 1. The van der Waals surface area contributed by atoms with Gasteiger partial charge in [-0.1, -0.05) is 0 Å². The van der Waals surface area contributed by atoms with Crippen LogP contribution >= 0.6 is 0 Å². The Morgan fingerprint density at radius 1 is 0.771 bits per heavy atom. The number of likely N-dealkylation sites (N-methyl/N-ethyl adjacent to an activating group) is 1. The van der Waals surface area contributed by atoms with E-state index in [9.17, 15) is 59.3 Å². The van der Waals surface area contributed by atoms with E-state index in [4.69, 9.17) is 42.6 Å². The summed E-state index contributed by atoms with van der Waals surface area (Å²) in [5.74, 6) is -0.878. The standard InChI is InChI=1S/C54H88N8O21/c1-29(58-47(69)81-51(5,6)7)25-56-33-21-20-32(26-57-45(67)75-27-30-16-18-31(19-17-30)62(73)74)77-43(33)78-40-35(60-48(70)82-52(8,9)10)24-34(59-42(66)36(63)22-23-55-46(68)80-50(2,3)4)39(37(40)64)79-44-38(65)41(54(14,72)28-76-44)61(15)49(71)83-53(11,12)13/h16-20,29,33-41,43-44,56,63-65,72H,21-28H2,1-15H3,(H,55,68)(H,57,67)(H,58,69)(H,59,66)(H,60,70)/t29-,33+,34+,35-,36-,37+,38+,39-,40+,41+,43+,44+,54-/m0/s1. The van der Waals surface area contributed by atoms with Gasteiger partial charge >= 0.3 is 30.5 Å². The van der Waals surface area contributed by atoms with E-state index in [2.05, 4.69) is 31.9 Å². The second kappa shape index (κ2) is 29.0.